The van der Waals surface area contributed by atoms with Gasteiger partial charge in [0, 0.05) is 16.7 Å². The standard InChI is InChI=1S/C16H25NO2.C2H6/c1-15(2,3)11-8-10(14(17)18)9-12(13(11)19-7)16(4,5)6;1-2/h8-9H,1-7H3,(H2,17,18);1-2H3. The third kappa shape index (κ3) is 4.76. The predicted octanol–water partition coefficient (Wildman–Crippen LogP) is 4.42. The van der Waals surface area contributed by atoms with Gasteiger partial charge >= 0.3 is 0 Å². The summed E-state index contributed by atoms with van der Waals surface area (Å²) in [6.07, 6.45) is 0. The van der Waals surface area contributed by atoms with Gasteiger partial charge in [-0.05, 0) is 23.0 Å². The average Bonchev–Trinajstić information content (AvgIpc) is 2.37. The summed E-state index contributed by atoms with van der Waals surface area (Å²) in [4.78, 5) is 11.5. The van der Waals surface area contributed by atoms with Crippen LogP contribution in [-0.4, -0.2) is 13.0 Å². The van der Waals surface area contributed by atoms with E-state index in [2.05, 4.69) is 41.5 Å². The second-order valence-corrected chi connectivity index (χ2v) is 6.97. The van der Waals surface area contributed by atoms with Crippen molar-refractivity contribution in [2.45, 2.75) is 66.2 Å². The molecular weight excluding hydrogens is 262 g/mol. The Kier molecular flexibility index (Phi) is 6.47. The van der Waals surface area contributed by atoms with Crippen molar-refractivity contribution >= 4 is 5.91 Å². The molecule has 0 atom stereocenters. The number of carbonyl (C=O) groups is 1. The number of carbonyl (C=O) groups excluding carboxylic acids is 1. The summed E-state index contributed by atoms with van der Waals surface area (Å²) in [6.45, 7) is 16.6. The summed E-state index contributed by atoms with van der Waals surface area (Å²) >= 11 is 0. The molecule has 120 valence electrons. The number of hydrogen-bond acceptors (Lipinski definition) is 2. The molecule has 0 saturated heterocycles. The molecule has 0 aliphatic rings. The Morgan fingerprint density at radius 3 is 1.48 bits per heavy atom. The van der Waals surface area contributed by atoms with Crippen LogP contribution in [0.4, 0.5) is 0 Å². The van der Waals surface area contributed by atoms with Crippen LogP contribution in [0.25, 0.3) is 0 Å². The number of ether oxygens (including phenoxy) is 1. The molecule has 0 aromatic heterocycles. The van der Waals surface area contributed by atoms with E-state index >= 15 is 0 Å². The zero-order valence-electron chi connectivity index (χ0n) is 15.0. The van der Waals surface area contributed by atoms with Crippen LogP contribution < -0.4 is 10.5 Å². The molecule has 0 aliphatic carbocycles. The van der Waals surface area contributed by atoms with Crippen LogP contribution in [0.1, 0.15) is 76.9 Å². The quantitative estimate of drug-likeness (QED) is 0.877. The lowest BCUT2D eigenvalue weighted by Gasteiger charge is -2.29. The first-order chi connectivity index (χ1) is 9.48. The monoisotopic (exact) mass is 293 g/mol. The maximum atomic E-state index is 11.5. The van der Waals surface area contributed by atoms with Crippen LogP contribution in [0.2, 0.25) is 0 Å². The van der Waals surface area contributed by atoms with Gasteiger partial charge in [-0.1, -0.05) is 55.4 Å². The van der Waals surface area contributed by atoms with E-state index in [1.807, 2.05) is 26.0 Å². The topological polar surface area (TPSA) is 52.3 Å². The summed E-state index contributed by atoms with van der Waals surface area (Å²) < 4.78 is 5.61. The molecule has 0 radical (unpaired) electrons. The van der Waals surface area contributed by atoms with Crippen LogP contribution in [0.5, 0.6) is 5.75 Å². The predicted molar refractivity (Wildman–Crippen MR) is 90.3 cm³/mol. The van der Waals surface area contributed by atoms with Crippen LogP contribution >= 0.6 is 0 Å². The highest BCUT2D eigenvalue weighted by atomic mass is 16.5. The maximum absolute atomic E-state index is 11.5. The number of methoxy groups -OCH3 is 1. The number of benzene rings is 1. The Morgan fingerprint density at radius 1 is 0.952 bits per heavy atom. The Morgan fingerprint density at radius 2 is 1.29 bits per heavy atom. The lowest BCUT2D eigenvalue weighted by Crippen LogP contribution is -2.22. The summed E-state index contributed by atoms with van der Waals surface area (Å²) in [7, 11) is 1.67. The molecule has 0 unspecified atom stereocenters. The third-order valence-corrected chi connectivity index (χ3v) is 3.19. The van der Waals surface area contributed by atoms with E-state index < -0.39 is 5.91 Å². The minimum absolute atomic E-state index is 0.114. The van der Waals surface area contributed by atoms with Crippen LogP contribution in [0.3, 0.4) is 0 Å². The molecule has 0 spiro atoms. The molecule has 2 N–H and O–H groups in total. The van der Waals surface area contributed by atoms with Crippen LogP contribution in [0, 0.1) is 0 Å². The fraction of sp³-hybridized carbons (Fsp3) is 0.611. The van der Waals surface area contributed by atoms with Gasteiger partial charge in [-0.3, -0.25) is 4.79 Å². The van der Waals surface area contributed by atoms with Gasteiger partial charge in [0.05, 0.1) is 7.11 Å². The van der Waals surface area contributed by atoms with Crippen molar-refractivity contribution in [3.63, 3.8) is 0 Å². The number of hydrogen-bond donors (Lipinski definition) is 1. The summed E-state index contributed by atoms with van der Waals surface area (Å²) in [5.41, 5.74) is 7.78. The number of primary amides is 1. The van der Waals surface area contributed by atoms with Gasteiger partial charge in [0.2, 0.25) is 5.91 Å². The van der Waals surface area contributed by atoms with Crippen molar-refractivity contribution < 1.29 is 9.53 Å². The fourth-order valence-corrected chi connectivity index (χ4v) is 2.11. The SMILES string of the molecule is CC.COc1c(C(C)(C)C)cc(C(N)=O)cc1C(C)(C)C. The minimum atomic E-state index is -0.404. The number of rotatable bonds is 2. The van der Waals surface area contributed by atoms with Gasteiger partial charge in [0.25, 0.3) is 0 Å². The van der Waals surface area contributed by atoms with Crippen molar-refractivity contribution in [1.82, 2.24) is 0 Å². The van der Waals surface area contributed by atoms with Crippen LogP contribution in [-0.2, 0) is 10.8 Å². The van der Waals surface area contributed by atoms with Crippen molar-refractivity contribution in [2.24, 2.45) is 5.73 Å². The second kappa shape index (κ2) is 6.97. The molecule has 0 heterocycles. The Labute approximate surface area is 129 Å². The summed E-state index contributed by atoms with van der Waals surface area (Å²) in [6, 6.07) is 3.69. The minimum Gasteiger partial charge on any atom is -0.496 e. The molecule has 1 rings (SSSR count). The first-order valence-corrected chi connectivity index (χ1v) is 7.51. The van der Waals surface area contributed by atoms with Gasteiger partial charge in [-0.2, -0.15) is 0 Å². The van der Waals surface area contributed by atoms with Crippen molar-refractivity contribution in [2.75, 3.05) is 7.11 Å². The van der Waals surface area contributed by atoms with E-state index in [-0.39, 0.29) is 10.8 Å². The molecule has 0 fully saturated rings. The largest absolute Gasteiger partial charge is 0.496 e. The first-order valence-electron chi connectivity index (χ1n) is 7.51. The van der Waals surface area contributed by atoms with E-state index in [9.17, 15) is 4.79 Å². The van der Waals surface area contributed by atoms with Gasteiger partial charge in [-0.15, -0.1) is 0 Å². The van der Waals surface area contributed by atoms with Gasteiger partial charge in [-0.25, -0.2) is 0 Å². The van der Waals surface area contributed by atoms with E-state index in [4.69, 9.17) is 10.5 Å². The molecule has 1 aromatic rings. The zero-order chi connectivity index (χ0) is 17.0. The molecular formula is C18H31NO2. The lowest BCUT2D eigenvalue weighted by atomic mass is 9.78. The Hall–Kier alpha value is -1.51. The van der Waals surface area contributed by atoms with Gasteiger partial charge < -0.3 is 10.5 Å². The lowest BCUT2D eigenvalue weighted by molar-refractivity contribution is 0.1000. The van der Waals surface area contributed by atoms with E-state index in [1.165, 1.54) is 0 Å². The Bertz CT molecular complexity index is 456. The fourth-order valence-electron chi connectivity index (χ4n) is 2.11. The molecule has 21 heavy (non-hydrogen) atoms. The Balaban J connectivity index is 0.00000191. The smallest absolute Gasteiger partial charge is 0.248 e. The maximum Gasteiger partial charge on any atom is 0.248 e. The van der Waals surface area contributed by atoms with Crippen molar-refractivity contribution in [3.8, 4) is 5.75 Å². The highest BCUT2D eigenvalue weighted by Crippen LogP contribution is 2.40. The molecule has 1 aromatic carbocycles. The van der Waals surface area contributed by atoms with Crippen molar-refractivity contribution in [1.29, 1.82) is 0 Å². The number of nitrogens with two attached hydrogens (primary N) is 1. The second-order valence-electron chi connectivity index (χ2n) is 6.97. The van der Waals surface area contributed by atoms with Crippen LogP contribution in [0.15, 0.2) is 12.1 Å². The van der Waals surface area contributed by atoms with Gasteiger partial charge in [0.1, 0.15) is 5.75 Å². The average molecular weight is 293 g/mol. The normalized spacial score (nSPS) is 11.5. The molecule has 0 saturated carbocycles. The van der Waals surface area contributed by atoms with Crippen molar-refractivity contribution in [3.05, 3.63) is 28.8 Å². The van der Waals surface area contributed by atoms with E-state index in [0.29, 0.717) is 5.56 Å². The molecule has 3 nitrogen and oxygen atoms in total. The highest BCUT2D eigenvalue weighted by molar-refractivity contribution is 5.93. The van der Waals surface area contributed by atoms with E-state index in [1.54, 1.807) is 7.11 Å². The zero-order valence-corrected chi connectivity index (χ0v) is 15.0. The summed E-state index contributed by atoms with van der Waals surface area (Å²) in [5, 5.41) is 0. The van der Waals surface area contributed by atoms with E-state index in [0.717, 1.165) is 16.9 Å². The summed E-state index contributed by atoms with van der Waals surface area (Å²) in [5.74, 6) is 0.448. The molecule has 3 heteroatoms. The third-order valence-electron chi connectivity index (χ3n) is 3.19. The molecule has 0 bridgehead atoms. The highest BCUT2D eigenvalue weighted by Gasteiger charge is 2.28. The first kappa shape index (κ1) is 19.5. The molecule has 1 amide bonds. The number of amides is 1. The van der Waals surface area contributed by atoms with Gasteiger partial charge in [0.15, 0.2) is 0 Å². The molecule has 0 aliphatic heterocycles.